The van der Waals surface area contributed by atoms with Crippen molar-refractivity contribution >= 4 is 5.82 Å². The monoisotopic (exact) mass is 175 g/mol. The zero-order valence-corrected chi connectivity index (χ0v) is 7.01. The van der Waals surface area contributed by atoms with E-state index in [0.29, 0.717) is 18.8 Å². The van der Waals surface area contributed by atoms with E-state index in [-0.39, 0.29) is 6.10 Å². The predicted octanol–water partition coefficient (Wildman–Crippen LogP) is -0.361. The van der Waals surface area contributed by atoms with Gasteiger partial charge >= 0.3 is 0 Å². The zero-order valence-electron chi connectivity index (χ0n) is 7.01. The van der Waals surface area contributed by atoms with Crippen molar-refractivity contribution in [1.29, 1.82) is 0 Å². The molecule has 2 rings (SSSR count). The van der Waals surface area contributed by atoms with Gasteiger partial charge in [-0.15, -0.1) is 6.42 Å². The summed E-state index contributed by atoms with van der Waals surface area (Å²) >= 11 is 0. The van der Waals surface area contributed by atoms with Crippen LogP contribution in [0.5, 0.6) is 0 Å². The lowest BCUT2D eigenvalue weighted by Crippen LogP contribution is -2.51. The number of aliphatic hydroxyl groups is 1. The highest BCUT2D eigenvalue weighted by molar-refractivity contribution is 5.45. The summed E-state index contributed by atoms with van der Waals surface area (Å²) in [6, 6.07) is 1.74. The normalized spacial score (nSPS) is 16.5. The van der Waals surface area contributed by atoms with Gasteiger partial charge in [0.05, 0.1) is 6.10 Å². The number of hydrogen-bond donors (Lipinski definition) is 1. The summed E-state index contributed by atoms with van der Waals surface area (Å²) in [6.07, 6.45) is 6.40. The van der Waals surface area contributed by atoms with Crippen LogP contribution in [0.25, 0.3) is 0 Å². The summed E-state index contributed by atoms with van der Waals surface area (Å²) in [6.45, 7) is 1.25. The molecule has 0 aromatic carbocycles. The van der Waals surface area contributed by atoms with Gasteiger partial charge in [0.2, 0.25) is 0 Å². The van der Waals surface area contributed by atoms with E-state index in [1.54, 1.807) is 6.07 Å². The molecule has 0 radical (unpaired) electrons. The highest BCUT2D eigenvalue weighted by Crippen LogP contribution is 2.17. The second-order valence-electron chi connectivity index (χ2n) is 2.96. The van der Waals surface area contributed by atoms with Gasteiger partial charge in [-0.1, -0.05) is 5.92 Å². The summed E-state index contributed by atoms with van der Waals surface area (Å²) in [5.74, 6) is 3.23. The third kappa shape index (κ3) is 1.46. The molecule has 13 heavy (non-hydrogen) atoms. The van der Waals surface area contributed by atoms with Gasteiger partial charge in [0.1, 0.15) is 17.8 Å². The van der Waals surface area contributed by atoms with Crippen molar-refractivity contribution < 1.29 is 5.11 Å². The van der Waals surface area contributed by atoms with Gasteiger partial charge < -0.3 is 10.0 Å². The molecule has 0 atom stereocenters. The fourth-order valence-corrected chi connectivity index (χ4v) is 1.24. The van der Waals surface area contributed by atoms with E-state index in [1.165, 1.54) is 6.33 Å². The standard InChI is InChI=1S/C9H9N3O/c1-2-7-3-9(11-6-10-7)12-4-8(13)5-12/h1,3,6,8,13H,4-5H2. The van der Waals surface area contributed by atoms with E-state index in [0.717, 1.165) is 5.82 Å². The van der Waals surface area contributed by atoms with Crippen molar-refractivity contribution in [2.45, 2.75) is 6.10 Å². The van der Waals surface area contributed by atoms with Gasteiger partial charge in [-0.25, -0.2) is 9.97 Å². The number of β-amino-alcohol motifs (C(OH)–C–C–N with tert-alkyl or cyclic N) is 1. The third-order valence-electron chi connectivity index (χ3n) is 1.99. The SMILES string of the molecule is C#Cc1cc(N2CC(O)C2)ncn1. The van der Waals surface area contributed by atoms with Crippen LogP contribution in [0, 0.1) is 12.3 Å². The van der Waals surface area contributed by atoms with E-state index < -0.39 is 0 Å². The average molecular weight is 175 g/mol. The molecule has 0 unspecified atom stereocenters. The van der Waals surface area contributed by atoms with Gasteiger partial charge in [-0.2, -0.15) is 0 Å². The Morgan fingerprint density at radius 1 is 1.54 bits per heavy atom. The highest BCUT2D eigenvalue weighted by atomic mass is 16.3. The van der Waals surface area contributed by atoms with Crippen LogP contribution in [0.4, 0.5) is 5.82 Å². The lowest BCUT2D eigenvalue weighted by molar-refractivity contribution is 0.141. The Bertz CT molecular complexity index is 352. The van der Waals surface area contributed by atoms with Gasteiger partial charge in [-0.05, 0) is 0 Å². The van der Waals surface area contributed by atoms with Gasteiger partial charge in [0, 0.05) is 19.2 Å². The van der Waals surface area contributed by atoms with E-state index in [4.69, 9.17) is 11.5 Å². The Morgan fingerprint density at radius 3 is 2.92 bits per heavy atom. The molecule has 1 aliphatic heterocycles. The van der Waals surface area contributed by atoms with Crippen molar-refractivity contribution in [3.05, 3.63) is 18.1 Å². The molecular weight excluding hydrogens is 166 g/mol. The lowest BCUT2D eigenvalue weighted by atomic mass is 10.2. The molecule has 0 amide bonds. The molecular formula is C9H9N3O. The summed E-state index contributed by atoms with van der Waals surface area (Å²) in [7, 11) is 0. The zero-order chi connectivity index (χ0) is 9.26. The third-order valence-corrected chi connectivity index (χ3v) is 1.99. The minimum atomic E-state index is -0.232. The average Bonchev–Trinajstić information content (AvgIpc) is 2.13. The van der Waals surface area contributed by atoms with Crippen molar-refractivity contribution in [1.82, 2.24) is 9.97 Å². The van der Waals surface area contributed by atoms with Crippen LogP contribution in [0.1, 0.15) is 5.69 Å². The van der Waals surface area contributed by atoms with Crippen LogP contribution in [0.2, 0.25) is 0 Å². The first-order valence-electron chi connectivity index (χ1n) is 4.01. The quantitative estimate of drug-likeness (QED) is 0.592. The number of aliphatic hydroxyl groups excluding tert-OH is 1. The largest absolute Gasteiger partial charge is 0.389 e. The van der Waals surface area contributed by atoms with Gasteiger partial charge in [0.15, 0.2) is 0 Å². The molecule has 1 aromatic rings. The van der Waals surface area contributed by atoms with Crippen LogP contribution in [0.15, 0.2) is 12.4 Å². The molecule has 2 heterocycles. The highest BCUT2D eigenvalue weighted by Gasteiger charge is 2.25. The van der Waals surface area contributed by atoms with Gasteiger partial charge in [0.25, 0.3) is 0 Å². The number of hydrogen-bond acceptors (Lipinski definition) is 4. The molecule has 1 N–H and O–H groups in total. The summed E-state index contributed by atoms with van der Waals surface area (Å²) < 4.78 is 0. The molecule has 0 bridgehead atoms. The summed E-state index contributed by atoms with van der Waals surface area (Å²) in [4.78, 5) is 9.88. The van der Waals surface area contributed by atoms with Gasteiger partial charge in [-0.3, -0.25) is 0 Å². The fourth-order valence-electron chi connectivity index (χ4n) is 1.24. The number of nitrogens with zero attached hydrogens (tertiary/aromatic N) is 3. The topological polar surface area (TPSA) is 49.2 Å². The fraction of sp³-hybridized carbons (Fsp3) is 0.333. The van der Waals surface area contributed by atoms with Crippen LogP contribution in [0.3, 0.4) is 0 Å². The van der Waals surface area contributed by atoms with Crippen LogP contribution >= 0.6 is 0 Å². The number of rotatable bonds is 1. The summed E-state index contributed by atoms with van der Waals surface area (Å²) in [5.41, 5.74) is 0.575. The molecule has 1 aliphatic rings. The summed E-state index contributed by atoms with van der Waals surface area (Å²) in [5, 5.41) is 9.08. The molecule has 4 nitrogen and oxygen atoms in total. The number of aromatic nitrogens is 2. The maximum Gasteiger partial charge on any atom is 0.133 e. The molecule has 0 spiro atoms. The van der Waals surface area contributed by atoms with Crippen LogP contribution in [-0.4, -0.2) is 34.3 Å². The predicted molar refractivity (Wildman–Crippen MR) is 48.2 cm³/mol. The minimum absolute atomic E-state index is 0.232. The molecule has 4 heteroatoms. The Morgan fingerprint density at radius 2 is 2.31 bits per heavy atom. The van der Waals surface area contributed by atoms with Crippen LogP contribution < -0.4 is 4.90 Å². The number of terminal acetylenes is 1. The molecule has 66 valence electrons. The molecule has 1 fully saturated rings. The molecule has 1 saturated heterocycles. The second-order valence-corrected chi connectivity index (χ2v) is 2.96. The first kappa shape index (κ1) is 8.02. The first-order valence-corrected chi connectivity index (χ1v) is 4.01. The Balaban J connectivity index is 2.18. The van der Waals surface area contributed by atoms with E-state index >= 15 is 0 Å². The smallest absolute Gasteiger partial charge is 0.133 e. The number of anilines is 1. The van der Waals surface area contributed by atoms with Crippen LogP contribution in [-0.2, 0) is 0 Å². The molecule has 1 aromatic heterocycles. The van der Waals surface area contributed by atoms with Crippen molar-refractivity contribution in [3.8, 4) is 12.3 Å². The first-order chi connectivity index (χ1) is 6.29. The van der Waals surface area contributed by atoms with Crippen molar-refractivity contribution in [2.75, 3.05) is 18.0 Å². The van der Waals surface area contributed by atoms with Crippen molar-refractivity contribution in [3.63, 3.8) is 0 Å². The maximum absolute atomic E-state index is 9.08. The van der Waals surface area contributed by atoms with E-state index in [2.05, 4.69) is 15.9 Å². The Kier molecular flexibility index (Phi) is 1.87. The molecule has 0 saturated carbocycles. The Hall–Kier alpha value is -1.60. The second kappa shape index (κ2) is 3.04. The molecule has 0 aliphatic carbocycles. The minimum Gasteiger partial charge on any atom is -0.389 e. The Labute approximate surface area is 76.2 Å². The van der Waals surface area contributed by atoms with Crippen molar-refractivity contribution in [2.24, 2.45) is 0 Å². The van der Waals surface area contributed by atoms with E-state index in [1.807, 2.05) is 4.90 Å². The van der Waals surface area contributed by atoms with E-state index in [9.17, 15) is 0 Å². The maximum atomic E-state index is 9.08. The lowest BCUT2D eigenvalue weighted by Gasteiger charge is -2.36.